The van der Waals surface area contributed by atoms with E-state index in [1.807, 2.05) is 0 Å². The van der Waals surface area contributed by atoms with Crippen molar-refractivity contribution >= 4 is 8.32 Å². The number of nitrogens with zero attached hydrogens (tertiary/aromatic N) is 1. The molecule has 1 N–H and O–H groups in total. The number of rotatable bonds is 3. The number of hydrogen-bond donors (Lipinski definition) is 1. The predicted molar refractivity (Wildman–Crippen MR) is 95.6 cm³/mol. The minimum absolute atomic E-state index is 0.113. The van der Waals surface area contributed by atoms with Crippen LogP contribution >= 0.6 is 0 Å². The number of nitrogens with one attached hydrogen (secondary N) is 1. The molecule has 1 aliphatic carbocycles. The molecule has 0 saturated heterocycles. The van der Waals surface area contributed by atoms with Crippen LogP contribution in [0.25, 0.3) is 0 Å². The van der Waals surface area contributed by atoms with Gasteiger partial charge in [-0.3, -0.25) is 14.3 Å². The summed E-state index contributed by atoms with van der Waals surface area (Å²) >= 11 is 0. The van der Waals surface area contributed by atoms with Gasteiger partial charge in [-0.05, 0) is 50.7 Å². The Morgan fingerprint density at radius 1 is 1.26 bits per heavy atom. The van der Waals surface area contributed by atoms with E-state index in [4.69, 9.17) is 4.43 Å². The highest BCUT2D eigenvalue weighted by Gasteiger charge is 2.40. The molecule has 1 saturated carbocycles. The normalized spacial score (nSPS) is 23.0. The number of aryl methyl sites for hydroxylation is 1. The smallest absolute Gasteiger partial charge is 0.328 e. The Labute approximate surface area is 139 Å². The lowest BCUT2D eigenvalue weighted by Gasteiger charge is -2.41. The Balaban J connectivity index is 2.18. The van der Waals surface area contributed by atoms with Gasteiger partial charge in [0.05, 0.1) is 0 Å². The fourth-order valence-corrected chi connectivity index (χ4v) is 4.33. The summed E-state index contributed by atoms with van der Waals surface area (Å²) in [5.74, 6) is 0. The summed E-state index contributed by atoms with van der Waals surface area (Å²) in [6, 6.07) is 0.113. The van der Waals surface area contributed by atoms with Crippen molar-refractivity contribution in [2.24, 2.45) is 0 Å². The average molecular weight is 339 g/mol. The maximum atomic E-state index is 12.1. The molecule has 1 fully saturated rings. The van der Waals surface area contributed by atoms with Gasteiger partial charge in [0.15, 0.2) is 8.32 Å². The van der Waals surface area contributed by atoms with Gasteiger partial charge in [0.1, 0.15) is 0 Å². The van der Waals surface area contributed by atoms with Gasteiger partial charge in [-0.15, -0.1) is 0 Å². The first kappa shape index (κ1) is 18.2. The zero-order chi connectivity index (χ0) is 17.4. The number of hydrogen-bond acceptors (Lipinski definition) is 3. The molecule has 1 aromatic rings. The van der Waals surface area contributed by atoms with Crippen molar-refractivity contribution in [2.75, 3.05) is 0 Å². The van der Waals surface area contributed by atoms with Gasteiger partial charge in [-0.1, -0.05) is 20.8 Å². The lowest BCUT2D eigenvalue weighted by Crippen LogP contribution is -2.45. The highest BCUT2D eigenvalue weighted by atomic mass is 28.4. The van der Waals surface area contributed by atoms with Gasteiger partial charge in [-0.25, -0.2) is 4.79 Å². The fourth-order valence-electron chi connectivity index (χ4n) is 2.93. The minimum atomic E-state index is -1.80. The van der Waals surface area contributed by atoms with E-state index in [1.165, 1.54) is 0 Å². The Morgan fingerprint density at radius 2 is 1.91 bits per heavy atom. The van der Waals surface area contributed by atoms with Gasteiger partial charge in [0, 0.05) is 23.9 Å². The zero-order valence-corrected chi connectivity index (χ0v) is 16.2. The molecule has 0 aromatic carbocycles. The summed E-state index contributed by atoms with van der Waals surface area (Å²) in [4.78, 5) is 26.1. The first-order valence-corrected chi connectivity index (χ1v) is 11.4. The maximum absolute atomic E-state index is 12.1. The molecule has 0 bridgehead atoms. The largest absolute Gasteiger partial charge is 0.414 e. The van der Waals surface area contributed by atoms with Crippen molar-refractivity contribution in [3.05, 3.63) is 32.6 Å². The van der Waals surface area contributed by atoms with E-state index in [2.05, 4.69) is 38.8 Å². The quantitative estimate of drug-likeness (QED) is 0.860. The third-order valence-electron chi connectivity index (χ3n) is 5.41. The third-order valence-corrected chi connectivity index (χ3v) is 9.94. The standard InChI is InChI=1S/C17H30N2O3Si/c1-12-11-19(16(21)18-15(12)20)13-8-7-9-14(10-13)22-23(5,6)17(2,3)4/h11,13-14H,7-10H2,1-6H3,(H,18,20,21). The second kappa shape index (κ2) is 6.40. The second-order valence-electron chi connectivity index (χ2n) is 8.30. The van der Waals surface area contributed by atoms with Crippen molar-refractivity contribution < 1.29 is 4.43 Å². The van der Waals surface area contributed by atoms with E-state index in [-0.39, 0.29) is 28.4 Å². The van der Waals surface area contributed by atoms with Crippen LogP contribution in [0.1, 0.15) is 58.1 Å². The summed E-state index contributed by atoms with van der Waals surface area (Å²) in [7, 11) is -1.80. The molecule has 1 heterocycles. The molecule has 130 valence electrons. The van der Waals surface area contributed by atoms with Crippen LogP contribution < -0.4 is 11.2 Å². The molecule has 0 radical (unpaired) electrons. The molecule has 0 aliphatic heterocycles. The topological polar surface area (TPSA) is 64.1 Å². The van der Waals surface area contributed by atoms with Crippen molar-refractivity contribution in [1.82, 2.24) is 9.55 Å². The van der Waals surface area contributed by atoms with E-state index >= 15 is 0 Å². The summed E-state index contributed by atoms with van der Waals surface area (Å²) in [6.07, 6.45) is 5.81. The molecule has 2 atom stereocenters. The summed E-state index contributed by atoms with van der Waals surface area (Å²) in [6.45, 7) is 13.0. The molecule has 2 unspecified atom stereocenters. The Bertz CT molecular complexity index is 670. The Hall–Kier alpha value is -1.14. The molecule has 1 aliphatic rings. The first-order chi connectivity index (χ1) is 10.5. The van der Waals surface area contributed by atoms with Gasteiger partial charge in [-0.2, -0.15) is 0 Å². The van der Waals surface area contributed by atoms with E-state index in [1.54, 1.807) is 17.7 Å². The molecular formula is C17H30N2O3Si. The van der Waals surface area contributed by atoms with Crippen LogP contribution in [0.5, 0.6) is 0 Å². The number of aromatic amines is 1. The molecule has 1 aromatic heterocycles. The van der Waals surface area contributed by atoms with Gasteiger partial charge in [0.2, 0.25) is 0 Å². The summed E-state index contributed by atoms with van der Waals surface area (Å²) in [5, 5.41) is 0.186. The van der Waals surface area contributed by atoms with Crippen LogP contribution in [0, 0.1) is 6.92 Å². The average Bonchev–Trinajstić information content (AvgIpc) is 2.41. The van der Waals surface area contributed by atoms with E-state index in [0.29, 0.717) is 5.56 Å². The maximum Gasteiger partial charge on any atom is 0.328 e. The SMILES string of the molecule is Cc1cn(C2CCCC(O[Si](C)(C)C(C)(C)C)C2)c(=O)[nH]c1=O. The van der Waals surface area contributed by atoms with Crippen LogP contribution in [-0.2, 0) is 4.43 Å². The molecule has 0 amide bonds. The monoisotopic (exact) mass is 338 g/mol. The lowest BCUT2D eigenvalue weighted by atomic mass is 9.93. The first-order valence-electron chi connectivity index (χ1n) is 8.51. The van der Waals surface area contributed by atoms with Gasteiger partial charge >= 0.3 is 5.69 Å². The van der Waals surface area contributed by atoms with E-state index in [0.717, 1.165) is 25.7 Å². The lowest BCUT2D eigenvalue weighted by molar-refractivity contribution is 0.110. The molecule has 6 heteroatoms. The van der Waals surface area contributed by atoms with E-state index in [9.17, 15) is 9.59 Å². The number of H-pyrrole nitrogens is 1. The highest BCUT2D eigenvalue weighted by molar-refractivity contribution is 6.74. The van der Waals surface area contributed by atoms with Crippen LogP contribution in [0.15, 0.2) is 15.8 Å². The van der Waals surface area contributed by atoms with Crippen molar-refractivity contribution in [1.29, 1.82) is 0 Å². The van der Waals surface area contributed by atoms with E-state index < -0.39 is 8.32 Å². The van der Waals surface area contributed by atoms with Crippen LogP contribution in [0.3, 0.4) is 0 Å². The van der Waals surface area contributed by atoms with Gasteiger partial charge < -0.3 is 4.43 Å². The van der Waals surface area contributed by atoms with Crippen LogP contribution in [0.4, 0.5) is 0 Å². The second-order valence-corrected chi connectivity index (χ2v) is 13.1. The predicted octanol–water partition coefficient (Wildman–Crippen LogP) is 3.35. The molecular weight excluding hydrogens is 308 g/mol. The molecule has 2 rings (SSSR count). The zero-order valence-electron chi connectivity index (χ0n) is 15.2. The Kier molecular flexibility index (Phi) is 5.06. The number of aromatic nitrogens is 2. The molecule has 23 heavy (non-hydrogen) atoms. The summed E-state index contributed by atoms with van der Waals surface area (Å²) < 4.78 is 8.23. The van der Waals surface area contributed by atoms with Crippen LogP contribution in [-0.4, -0.2) is 24.0 Å². The van der Waals surface area contributed by atoms with Gasteiger partial charge in [0.25, 0.3) is 5.56 Å². The van der Waals surface area contributed by atoms with Crippen molar-refractivity contribution in [3.8, 4) is 0 Å². The van der Waals surface area contributed by atoms with Crippen molar-refractivity contribution in [3.63, 3.8) is 0 Å². The fraction of sp³-hybridized carbons (Fsp3) is 0.765. The highest BCUT2D eigenvalue weighted by Crippen LogP contribution is 2.40. The molecule has 5 nitrogen and oxygen atoms in total. The molecule has 0 spiro atoms. The Morgan fingerprint density at radius 3 is 2.52 bits per heavy atom. The van der Waals surface area contributed by atoms with Crippen LogP contribution in [0.2, 0.25) is 18.1 Å². The van der Waals surface area contributed by atoms with Crippen molar-refractivity contribution in [2.45, 2.75) is 83.7 Å². The minimum Gasteiger partial charge on any atom is -0.414 e. The third kappa shape index (κ3) is 4.04. The summed E-state index contributed by atoms with van der Waals surface area (Å²) in [5.41, 5.74) is -0.0215.